The lowest BCUT2D eigenvalue weighted by atomic mass is 9.99. The number of hydrogen-bond donors (Lipinski definition) is 2. The summed E-state index contributed by atoms with van der Waals surface area (Å²) in [6, 6.07) is 5.31. The maximum absolute atomic E-state index is 13.8. The van der Waals surface area contributed by atoms with Gasteiger partial charge in [-0.2, -0.15) is 5.26 Å². The predicted octanol–water partition coefficient (Wildman–Crippen LogP) is 2.20. The summed E-state index contributed by atoms with van der Waals surface area (Å²) in [5.74, 6) is -0.985. The van der Waals surface area contributed by atoms with E-state index < -0.39 is 17.9 Å². The van der Waals surface area contributed by atoms with Crippen molar-refractivity contribution in [3.05, 3.63) is 34.1 Å². The van der Waals surface area contributed by atoms with Crippen LogP contribution in [-0.4, -0.2) is 23.9 Å². The van der Waals surface area contributed by atoms with E-state index in [1.54, 1.807) is 12.1 Å². The molecule has 2 atom stereocenters. The van der Waals surface area contributed by atoms with Crippen LogP contribution in [0.15, 0.2) is 22.7 Å². The Kier molecular flexibility index (Phi) is 6.11. The number of piperazine rings is 1. The first-order valence-electron chi connectivity index (χ1n) is 7.43. The van der Waals surface area contributed by atoms with Crippen molar-refractivity contribution in [2.24, 2.45) is 0 Å². The summed E-state index contributed by atoms with van der Waals surface area (Å²) in [4.78, 5) is 24.2. The van der Waals surface area contributed by atoms with Gasteiger partial charge in [0.2, 0.25) is 11.8 Å². The highest BCUT2D eigenvalue weighted by molar-refractivity contribution is 9.10. The summed E-state index contributed by atoms with van der Waals surface area (Å²) in [7, 11) is 0. The first-order chi connectivity index (χ1) is 11.0. The van der Waals surface area contributed by atoms with Crippen LogP contribution in [-0.2, 0) is 16.0 Å². The molecule has 0 aliphatic carbocycles. The van der Waals surface area contributed by atoms with Gasteiger partial charge in [0.1, 0.15) is 17.9 Å². The van der Waals surface area contributed by atoms with Crippen molar-refractivity contribution in [3.63, 3.8) is 0 Å². The molecule has 1 aliphatic heterocycles. The molecular formula is C16H17BrFN3O2. The molecule has 5 nitrogen and oxygen atoms in total. The van der Waals surface area contributed by atoms with E-state index in [1.165, 1.54) is 6.07 Å². The highest BCUT2D eigenvalue weighted by atomic mass is 79.9. The monoisotopic (exact) mass is 381 g/mol. The molecule has 1 saturated heterocycles. The Bertz CT molecular complexity index is 645. The number of rotatable bonds is 6. The van der Waals surface area contributed by atoms with Crippen molar-refractivity contribution >= 4 is 27.7 Å². The zero-order chi connectivity index (χ0) is 16.8. The van der Waals surface area contributed by atoms with E-state index >= 15 is 0 Å². The highest BCUT2D eigenvalue weighted by Gasteiger charge is 2.33. The summed E-state index contributed by atoms with van der Waals surface area (Å²) in [5, 5.41) is 13.8. The Labute approximate surface area is 142 Å². The summed E-state index contributed by atoms with van der Waals surface area (Å²) in [6.45, 7) is 0. The minimum Gasteiger partial charge on any atom is -0.343 e. The Morgan fingerprint density at radius 2 is 1.87 bits per heavy atom. The third kappa shape index (κ3) is 4.76. The Morgan fingerprint density at radius 3 is 2.57 bits per heavy atom. The Morgan fingerprint density at radius 1 is 1.17 bits per heavy atom. The number of benzene rings is 1. The SMILES string of the molecule is N#CCCCCC1NC(=O)[C@@H](Cc2ccc(Br)cc2F)NC1=O. The van der Waals surface area contributed by atoms with Gasteiger partial charge < -0.3 is 10.6 Å². The molecule has 7 heteroatoms. The number of carbonyl (C=O) groups is 2. The van der Waals surface area contributed by atoms with Gasteiger partial charge in [0.05, 0.1) is 6.07 Å². The van der Waals surface area contributed by atoms with Gasteiger partial charge in [-0.05, 0) is 37.0 Å². The number of unbranched alkanes of at least 4 members (excludes halogenated alkanes) is 2. The van der Waals surface area contributed by atoms with Crippen LogP contribution < -0.4 is 10.6 Å². The minimum absolute atomic E-state index is 0.109. The molecule has 1 heterocycles. The normalized spacial score (nSPS) is 20.6. The van der Waals surface area contributed by atoms with Crippen LogP contribution in [0, 0.1) is 17.1 Å². The average Bonchev–Trinajstić information content (AvgIpc) is 2.50. The van der Waals surface area contributed by atoms with E-state index in [0.29, 0.717) is 35.7 Å². The molecule has 0 saturated carbocycles. The molecule has 2 rings (SSSR count). The summed E-state index contributed by atoms with van der Waals surface area (Å²) in [5.41, 5.74) is 0.376. The molecule has 1 aromatic rings. The Hall–Kier alpha value is -1.94. The smallest absolute Gasteiger partial charge is 0.243 e. The van der Waals surface area contributed by atoms with E-state index in [0.717, 1.165) is 0 Å². The number of hydrogen-bond acceptors (Lipinski definition) is 3. The molecular weight excluding hydrogens is 365 g/mol. The van der Waals surface area contributed by atoms with E-state index in [4.69, 9.17) is 5.26 Å². The third-order valence-corrected chi connectivity index (χ3v) is 4.23. The van der Waals surface area contributed by atoms with Crippen LogP contribution >= 0.6 is 15.9 Å². The molecule has 1 aromatic carbocycles. The fourth-order valence-electron chi connectivity index (χ4n) is 2.48. The van der Waals surface area contributed by atoms with E-state index in [2.05, 4.69) is 26.6 Å². The molecule has 0 radical (unpaired) electrons. The first kappa shape index (κ1) is 17.4. The largest absolute Gasteiger partial charge is 0.343 e. The molecule has 1 fully saturated rings. The van der Waals surface area contributed by atoms with Gasteiger partial charge in [-0.1, -0.05) is 22.0 Å². The van der Waals surface area contributed by atoms with Gasteiger partial charge in [-0.15, -0.1) is 0 Å². The minimum atomic E-state index is -0.770. The molecule has 0 bridgehead atoms. The van der Waals surface area contributed by atoms with Crippen molar-refractivity contribution in [3.8, 4) is 6.07 Å². The lowest BCUT2D eigenvalue weighted by Crippen LogP contribution is -2.62. The second-order valence-electron chi connectivity index (χ2n) is 5.47. The van der Waals surface area contributed by atoms with Crippen LogP contribution in [0.2, 0.25) is 0 Å². The molecule has 23 heavy (non-hydrogen) atoms. The molecule has 0 spiro atoms. The predicted molar refractivity (Wildman–Crippen MR) is 85.7 cm³/mol. The maximum Gasteiger partial charge on any atom is 0.243 e. The van der Waals surface area contributed by atoms with Crippen LogP contribution in [0.5, 0.6) is 0 Å². The highest BCUT2D eigenvalue weighted by Crippen LogP contribution is 2.18. The van der Waals surface area contributed by atoms with E-state index in [9.17, 15) is 14.0 Å². The van der Waals surface area contributed by atoms with Crippen LogP contribution in [0.4, 0.5) is 4.39 Å². The van der Waals surface area contributed by atoms with Crippen LogP contribution in [0.3, 0.4) is 0 Å². The van der Waals surface area contributed by atoms with Crippen molar-refractivity contribution in [1.29, 1.82) is 5.26 Å². The maximum atomic E-state index is 13.8. The lowest BCUT2D eigenvalue weighted by Gasteiger charge is -2.29. The van der Waals surface area contributed by atoms with Crippen molar-refractivity contribution in [2.45, 2.75) is 44.2 Å². The van der Waals surface area contributed by atoms with E-state index in [1.807, 2.05) is 6.07 Å². The van der Waals surface area contributed by atoms with Gasteiger partial charge in [0, 0.05) is 17.3 Å². The standard InChI is InChI=1S/C16H17BrFN3O2/c17-11-6-5-10(12(18)9-11)8-14-16(23)20-13(15(22)21-14)4-2-1-3-7-19/h5-6,9,13-14H,1-4,8H2,(H,20,23)(H,21,22)/t13?,14-/m1/s1. The number of nitriles is 1. The van der Waals surface area contributed by atoms with Gasteiger partial charge in [-0.25, -0.2) is 4.39 Å². The van der Waals surface area contributed by atoms with Crippen LogP contribution in [0.25, 0.3) is 0 Å². The van der Waals surface area contributed by atoms with Crippen molar-refractivity contribution in [2.75, 3.05) is 0 Å². The molecule has 2 amide bonds. The van der Waals surface area contributed by atoms with Gasteiger partial charge in [-0.3, -0.25) is 9.59 Å². The molecule has 1 aliphatic rings. The summed E-state index contributed by atoms with van der Waals surface area (Å²) < 4.78 is 14.5. The second-order valence-corrected chi connectivity index (χ2v) is 6.38. The first-order valence-corrected chi connectivity index (χ1v) is 8.22. The number of carbonyl (C=O) groups excluding carboxylic acids is 2. The van der Waals surface area contributed by atoms with Crippen molar-refractivity contribution < 1.29 is 14.0 Å². The third-order valence-electron chi connectivity index (χ3n) is 3.74. The summed E-state index contributed by atoms with van der Waals surface area (Å²) in [6.07, 6.45) is 2.44. The number of halogens is 2. The summed E-state index contributed by atoms with van der Waals surface area (Å²) >= 11 is 3.18. The van der Waals surface area contributed by atoms with Gasteiger partial charge >= 0.3 is 0 Å². The quantitative estimate of drug-likeness (QED) is 0.741. The molecule has 1 unspecified atom stereocenters. The molecule has 122 valence electrons. The number of nitrogens with one attached hydrogen (secondary N) is 2. The fraction of sp³-hybridized carbons (Fsp3) is 0.438. The van der Waals surface area contributed by atoms with Crippen molar-refractivity contribution in [1.82, 2.24) is 10.6 Å². The topological polar surface area (TPSA) is 82.0 Å². The van der Waals surface area contributed by atoms with Crippen LogP contribution in [0.1, 0.15) is 31.2 Å². The lowest BCUT2D eigenvalue weighted by molar-refractivity contribution is -0.136. The molecule has 0 aromatic heterocycles. The second kappa shape index (κ2) is 8.06. The van der Waals surface area contributed by atoms with Gasteiger partial charge in [0.25, 0.3) is 0 Å². The zero-order valence-electron chi connectivity index (χ0n) is 12.4. The number of amides is 2. The zero-order valence-corrected chi connectivity index (χ0v) is 14.0. The van der Waals surface area contributed by atoms with Gasteiger partial charge in [0.15, 0.2) is 0 Å². The number of nitrogens with zero attached hydrogens (tertiary/aromatic N) is 1. The van der Waals surface area contributed by atoms with E-state index in [-0.39, 0.29) is 18.2 Å². The Balaban J connectivity index is 1.93. The molecule has 2 N–H and O–H groups in total. The fourth-order valence-corrected chi connectivity index (χ4v) is 2.82. The average molecular weight is 382 g/mol.